The molecule has 0 saturated carbocycles. The molecule has 0 aliphatic rings. The molecule has 0 aliphatic heterocycles. The molecule has 0 spiro atoms. The molecule has 24 heavy (non-hydrogen) atoms. The van der Waals surface area contributed by atoms with Crippen LogP contribution in [0.1, 0.15) is 53.4 Å². The Morgan fingerprint density at radius 1 is 0.958 bits per heavy atom. The van der Waals surface area contributed by atoms with Gasteiger partial charge in [-0.25, -0.2) is 0 Å². The van der Waals surface area contributed by atoms with Crippen molar-refractivity contribution in [2.75, 3.05) is 6.54 Å². The lowest BCUT2D eigenvalue weighted by Gasteiger charge is -2.16. The lowest BCUT2D eigenvalue weighted by Crippen LogP contribution is -2.27. The molecule has 2 rings (SSSR count). The number of hydrogen-bond donors (Lipinski definition) is 1. The van der Waals surface area contributed by atoms with Crippen LogP contribution in [0.2, 0.25) is 0 Å². The van der Waals surface area contributed by atoms with Gasteiger partial charge in [-0.15, -0.1) is 0 Å². The van der Waals surface area contributed by atoms with Crippen LogP contribution in [0.5, 0.6) is 0 Å². The summed E-state index contributed by atoms with van der Waals surface area (Å²) < 4.78 is 0. The van der Waals surface area contributed by atoms with Crippen LogP contribution in [0.15, 0.2) is 49.0 Å². The molecule has 0 bridgehead atoms. The Bertz CT molecular complexity index is 691. The Morgan fingerprint density at radius 2 is 1.54 bits per heavy atom. The number of amides is 1. The highest BCUT2D eigenvalue weighted by Gasteiger charge is 2.16. The van der Waals surface area contributed by atoms with Crippen LogP contribution < -0.4 is 5.32 Å². The van der Waals surface area contributed by atoms with Crippen molar-refractivity contribution in [1.82, 2.24) is 5.32 Å². The zero-order chi connectivity index (χ0) is 17.5. The van der Waals surface area contributed by atoms with Crippen molar-refractivity contribution < 1.29 is 4.79 Å². The summed E-state index contributed by atoms with van der Waals surface area (Å²) in [4.78, 5) is 12.8. The standard InChI is InChI=1S/C22H27NO/c1-5-17-13-18(6-2)21(19(7-3)14-17)22(24)23-15-16(4)20-11-9-8-10-12-20/h8-14H,4-7,15H2,1-3H3,(H,23,24). The smallest absolute Gasteiger partial charge is 0.252 e. The van der Waals surface area contributed by atoms with Gasteiger partial charge in [0.15, 0.2) is 0 Å². The van der Waals surface area contributed by atoms with Crippen molar-refractivity contribution in [3.8, 4) is 0 Å². The van der Waals surface area contributed by atoms with E-state index in [1.807, 2.05) is 30.3 Å². The number of carbonyl (C=O) groups excluding carboxylic acids is 1. The first-order valence-corrected chi connectivity index (χ1v) is 8.76. The third kappa shape index (κ3) is 4.14. The van der Waals surface area contributed by atoms with Crippen molar-refractivity contribution in [3.63, 3.8) is 0 Å². The van der Waals surface area contributed by atoms with Gasteiger partial charge in [-0.05, 0) is 47.1 Å². The molecule has 2 aromatic rings. The molecule has 2 nitrogen and oxygen atoms in total. The van der Waals surface area contributed by atoms with Gasteiger partial charge < -0.3 is 5.32 Å². The fourth-order valence-electron chi connectivity index (χ4n) is 2.94. The molecule has 1 amide bonds. The molecule has 0 unspecified atom stereocenters. The number of rotatable bonds is 7. The highest BCUT2D eigenvalue weighted by atomic mass is 16.1. The van der Waals surface area contributed by atoms with Gasteiger partial charge in [-0.2, -0.15) is 0 Å². The monoisotopic (exact) mass is 321 g/mol. The van der Waals surface area contributed by atoms with Crippen molar-refractivity contribution >= 4 is 11.5 Å². The summed E-state index contributed by atoms with van der Waals surface area (Å²) in [7, 11) is 0. The summed E-state index contributed by atoms with van der Waals surface area (Å²) in [6.45, 7) is 10.9. The molecule has 2 aromatic carbocycles. The topological polar surface area (TPSA) is 29.1 Å². The maximum atomic E-state index is 12.8. The lowest BCUT2D eigenvalue weighted by atomic mass is 9.93. The summed E-state index contributed by atoms with van der Waals surface area (Å²) in [5.74, 6) is 0.00318. The van der Waals surface area contributed by atoms with Crippen LogP contribution >= 0.6 is 0 Å². The van der Waals surface area contributed by atoms with Gasteiger partial charge in [-0.3, -0.25) is 4.79 Å². The first-order chi connectivity index (χ1) is 11.6. The maximum absolute atomic E-state index is 12.8. The predicted octanol–water partition coefficient (Wildman–Crippen LogP) is 4.82. The second-order valence-electron chi connectivity index (χ2n) is 6.00. The first kappa shape index (κ1) is 18.0. The SMILES string of the molecule is C=C(CNC(=O)c1c(CC)cc(CC)cc1CC)c1ccccc1. The zero-order valence-corrected chi connectivity index (χ0v) is 15.0. The van der Waals surface area contributed by atoms with E-state index in [0.717, 1.165) is 47.1 Å². The molecule has 0 atom stereocenters. The van der Waals surface area contributed by atoms with Gasteiger partial charge >= 0.3 is 0 Å². The van der Waals surface area contributed by atoms with Crippen molar-refractivity contribution in [2.45, 2.75) is 40.0 Å². The van der Waals surface area contributed by atoms with E-state index in [-0.39, 0.29) is 5.91 Å². The summed E-state index contributed by atoms with van der Waals surface area (Å²) in [5.41, 5.74) is 6.39. The Kier molecular flexibility index (Phi) is 6.36. The number of nitrogens with one attached hydrogen (secondary N) is 1. The Morgan fingerprint density at radius 3 is 2.04 bits per heavy atom. The third-order valence-corrected chi connectivity index (χ3v) is 4.40. The molecule has 0 aliphatic carbocycles. The summed E-state index contributed by atoms with van der Waals surface area (Å²) in [6, 6.07) is 14.3. The van der Waals surface area contributed by atoms with E-state index in [1.165, 1.54) is 5.56 Å². The van der Waals surface area contributed by atoms with Crippen molar-refractivity contribution in [1.29, 1.82) is 0 Å². The van der Waals surface area contributed by atoms with Crippen LogP contribution in [0.3, 0.4) is 0 Å². The van der Waals surface area contributed by atoms with Crippen LogP contribution in [0.4, 0.5) is 0 Å². The highest BCUT2D eigenvalue weighted by Crippen LogP contribution is 2.20. The Balaban J connectivity index is 2.19. The molecule has 0 heterocycles. The van der Waals surface area contributed by atoms with E-state index in [1.54, 1.807) is 0 Å². The van der Waals surface area contributed by atoms with Crippen LogP contribution in [0.25, 0.3) is 5.57 Å². The quantitative estimate of drug-likeness (QED) is 0.778. The Labute approximate surface area is 145 Å². The number of benzene rings is 2. The van der Waals surface area contributed by atoms with Gasteiger partial charge in [0.25, 0.3) is 5.91 Å². The van der Waals surface area contributed by atoms with Crippen LogP contribution in [0, 0.1) is 0 Å². The predicted molar refractivity (Wildman–Crippen MR) is 102 cm³/mol. The molecule has 0 radical (unpaired) electrons. The minimum Gasteiger partial charge on any atom is -0.348 e. The van der Waals surface area contributed by atoms with E-state index >= 15 is 0 Å². The number of aryl methyl sites for hydroxylation is 3. The molecule has 0 fully saturated rings. The maximum Gasteiger partial charge on any atom is 0.252 e. The van der Waals surface area contributed by atoms with Gasteiger partial charge in [0, 0.05) is 12.1 Å². The van der Waals surface area contributed by atoms with Gasteiger partial charge in [0.2, 0.25) is 0 Å². The average molecular weight is 321 g/mol. The summed E-state index contributed by atoms with van der Waals surface area (Å²) in [5, 5.41) is 3.05. The average Bonchev–Trinajstić information content (AvgIpc) is 2.65. The minimum atomic E-state index is 0.00318. The second-order valence-corrected chi connectivity index (χ2v) is 6.00. The normalized spacial score (nSPS) is 10.5. The molecule has 1 N–H and O–H groups in total. The van der Waals surface area contributed by atoms with Crippen molar-refractivity contribution in [3.05, 3.63) is 76.9 Å². The Hall–Kier alpha value is -2.35. The molecule has 2 heteroatoms. The molecule has 0 saturated heterocycles. The summed E-state index contributed by atoms with van der Waals surface area (Å²) in [6.07, 6.45) is 2.72. The first-order valence-electron chi connectivity index (χ1n) is 8.76. The zero-order valence-electron chi connectivity index (χ0n) is 15.0. The number of hydrogen-bond acceptors (Lipinski definition) is 1. The largest absolute Gasteiger partial charge is 0.348 e. The van der Waals surface area contributed by atoms with E-state index < -0.39 is 0 Å². The molecular weight excluding hydrogens is 294 g/mol. The highest BCUT2D eigenvalue weighted by molar-refractivity contribution is 5.98. The van der Waals surface area contributed by atoms with E-state index in [2.05, 4.69) is 44.8 Å². The molecular formula is C22H27NO. The lowest BCUT2D eigenvalue weighted by molar-refractivity contribution is 0.0957. The third-order valence-electron chi connectivity index (χ3n) is 4.40. The van der Waals surface area contributed by atoms with E-state index in [4.69, 9.17) is 0 Å². The van der Waals surface area contributed by atoms with Gasteiger partial charge in [0.05, 0.1) is 0 Å². The minimum absolute atomic E-state index is 0.00318. The van der Waals surface area contributed by atoms with E-state index in [0.29, 0.717) is 6.54 Å². The van der Waals surface area contributed by atoms with Gasteiger partial charge in [-0.1, -0.05) is 69.8 Å². The molecule has 126 valence electrons. The second kappa shape index (κ2) is 8.49. The van der Waals surface area contributed by atoms with Crippen LogP contribution in [-0.2, 0) is 19.3 Å². The fourth-order valence-corrected chi connectivity index (χ4v) is 2.94. The van der Waals surface area contributed by atoms with Crippen molar-refractivity contribution in [2.24, 2.45) is 0 Å². The number of carbonyl (C=O) groups is 1. The van der Waals surface area contributed by atoms with E-state index in [9.17, 15) is 4.79 Å². The fraction of sp³-hybridized carbons (Fsp3) is 0.318. The summed E-state index contributed by atoms with van der Waals surface area (Å²) >= 11 is 0. The van der Waals surface area contributed by atoms with Gasteiger partial charge in [0.1, 0.15) is 0 Å². The molecule has 0 aromatic heterocycles. The van der Waals surface area contributed by atoms with Crippen LogP contribution in [-0.4, -0.2) is 12.5 Å².